The van der Waals surface area contributed by atoms with Crippen LogP contribution >= 0.6 is 0 Å². The van der Waals surface area contributed by atoms with E-state index in [2.05, 4.69) is 5.32 Å². The van der Waals surface area contributed by atoms with Crippen molar-refractivity contribution in [3.8, 4) is 11.5 Å². The Morgan fingerprint density at radius 2 is 1.58 bits per heavy atom. The van der Waals surface area contributed by atoms with Gasteiger partial charge in [-0.3, -0.25) is 4.79 Å². The van der Waals surface area contributed by atoms with Gasteiger partial charge in [0.05, 0.1) is 38.1 Å². The summed E-state index contributed by atoms with van der Waals surface area (Å²) in [5.74, 6) is 0.836. The number of furan rings is 1. The van der Waals surface area contributed by atoms with Gasteiger partial charge >= 0.3 is 5.97 Å². The van der Waals surface area contributed by atoms with Crippen LogP contribution < -0.4 is 14.8 Å². The van der Waals surface area contributed by atoms with Gasteiger partial charge in [0.2, 0.25) is 0 Å². The molecule has 0 unspecified atom stereocenters. The summed E-state index contributed by atoms with van der Waals surface area (Å²) in [6.07, 6.45) is 0. The van der Waals surface area contributed by atoms with E-state index in [4.69, 9.17) is 18.6 Å². The van der Waals surface area contributed by atoms with Gasteiger partial charge in [0.1, 0.15) is 11.5 Å². The zero-order chi connectivity index (χ0) is 17.9. The van der Waals surface area contributed by atoms with Crippen LogP contribution in [0.3, 0.4) is 0 Å². The fourth-order valence-electron chi connectivity index (χ4n) is 2.31. The third-order valence-electron chi connectivity index (χ3n) is 3.46. The lowest BCUT2D eigenvalue weighted by atomic mass is 10.1. The van der Waals surface area contributed by atoms with Crippen LogP contribution in [0.15, 0.2) is 22.6 Å². The Morgan fingerprint density at radius 3 is 2.08 bits per heavy atom. The molecule has 0 bridgehead atoms. The molecule has 0 aliphatic carbocycles. The first-order valence-corrected chi connectivity index (χ1v) is 7.14. The molecule has 0 fully saturated rings. The van der Waals surface area contributed by atoms with E-state index in [1.54, 1.807) is 19.9 Å². The van der Waals surface area contributed by atoms with Crippen LogP contribution in [0.2, 0.25) is 0 Å². The van der Waals surface area contributed by atoms with Crippen LogP contribution in [0.25, 0.3) is 0 Å². The highest BCUT2D eigenvalue weighted by Crippen LogP contribution is 2.34. The predicted molar refractivity (Wildman–Crippen MR) is 87.0 cm³/mol. The summed E-state index contributed by atoms with van der Waals surface area (Å²) in [6.45, 7) is 3.44. The second-order valence-electron chi connectivity index (χ2n) is 5.03. The van der Waals surface area contributed by atoms with E-state index >= 15 is 0 Å². The highest BCUT2D eigenvalue weighted by molar-refractivity contribution is 6.09. The number of carbonyl (C=O) groups excluding carboxylic acids is 2. The van der Waals surface area contributed by atoms with Crippen molar-refractivity contribution < 1.29 is 28.2 Å². The quantitative estimate of drug-likeness (QED) is 0.847. The van der Waals surface area contributed by atoms with Gasteiger partial charge in [0, 0.05) is 12.1 Å². The number of aryl methyl sites for hydroxylation is 2. The molecule has 7 nitrogen and oxygen atoms in total. The van der Waals surface area contributed by atoms with Gasteiger partial charge in [0.25, 0.3) is 5.91 Å². The van der Waals surface area contributed by atoms with Crippen molar-refractivity contribution in [1.29, 1.82) is 0 Å². The van der Waals surface area contributed by atoms with E-state index in [9.17, 15) is 9.59 Å². The molecule has 0 aliphatic rings. The zero-order valence-corrected chi connectivity index (χ0v) is 14.2. The van der Waals surface area contributed by atoms with Crippen LogP contribution in [0.5, 0.6) is 11.5 Å². The monoisotopic (exact) mass is 333 g/mol. The summed E-state index contributed by atoms with van der Waals surface area (Å²) in [7, 11) is 4.17. The van der Waals surface area contributed by atoms with Crippen molar-refractivity contribution in [3.05, 3.63) is 40.8 Å². The van der Waals surface area contributed by atoms with E-state index in [-0.39, 0.29) is 11.3 Å². The second kappa shape index (κ2) is 7.08. The molecule has 0 atom stereocenters. The number of ether oxygens (including phenoxy) is 3. The Labute approximate surface area is 139 Å². The lowest BCUT2D eigenvalue weighted by molar-refractivity contribution is 0.0601. The van der Waals surface area contributed by atoms with Crippen LogP contribution in [-0.2, 0) is 4.74 Å². The smallest absolute Gasteiger partial charge is 0.340 e. The van der Waals surface area contributed by atoms with Crippen LogP contribution in [-0.4, -0.2) is 33.2 Å². The van der Waals surface area contributed by atoms with Crippen molar-refractivity contribution in [2.24, 2.45) is 0 Å². The molecular weight excluding hydrogens is 314 g/mol. The SMILES string of the molecule is COC(=O)c1cc(OC)c(OC)cc1NC(=O)c1cc(C)oc1C. The maximum Gasteiger partial charge on any atom is 0.340 e. The van der Waals surface area contributed by atoms with Crippen molar-refractivity contribution >= 4 is 17.6 Å². The van der Waals surface area contributed by atoms with E-state index in [0.717, 1.165) is 0 Å². The van der Waals surface area contributed by atoms with Crippen molar-refractivity contribution in [1.82, 2.24) is 0 Å². The number of amides is 1. The number of esters is 1. The molecule has 1 amide bonds. The molecule has 24 heavy (non-hydrogen) atoms. The molecule has 1 aromatic carbocycles. The molecule has 2 aromatic rings. The maximum atomic E-state index is 12.5. The Bertz CT molecular complexity index is 778. The van der Waals surface area contributed by atoms with E-state index < -0.39 is 11.9 Å². The lowest BCUT2D eigenvalue weighted by Crippen LogP contribution is -2.16. The topological polar surface area (TPSA) is 87.0 Å². The Kier molecular flexibility index (Phi) is 5.13. The molecule has 1 N–H and O–H groups in total. The third-order valence-corrected chi connectivity index (χ3v) is 3.46. The number of benzene rings is 1. The molecule has 0 saturated heterocycles. The number of rotatable bonds is 5. The first kappa shape index (κ1) is 17.4. The van der Waals surface area contributed by atoms with Gasteiger partial charge in [0.15, 0.2) is 11.5 Å². The summed E-state index contributed by atoms with van der Waals surface area (Å²) in [6, 6.07) is 4.59. The largest absolute Gasteiger partial charge is 0.493 e. The van der Waals surface area contributed by atoms with Gasteiger partial charge in [-0.1, -0.05) is 0 Å². The molecule has 1 heterocycles. The number of carbonyl (C=O) groups is 2. The number of methoxy groups -OCH3 is 3. The maximum absolute atomic E-state index is 12.5. The minimum Gasteiger partial charge on any atom is -0.493 e. The molecule has 128 valence electrons. The van der Waals surface area contributed by atoms with E-state index in [1.165, 1.54) is 33.5 Å². The van der Waals surface area contributed by atoms with Crippen LogP contribution in [0.4, 0.5) is 5.69 Å². The number of nitrogens with one attached hydrogen (secondary N) is 1. The van der Waals surface area contributed by atoms with Crippen molar-refractivity contribution in [3.63, 3.8) is 0 Å². The average Bonchev–Trinajstić information content (AvgIpc) is 2.92. The van der Waals surface area contributed by atoms with Gasteiger partial charge in [-0.15, -0.1) is 0 Å². The average molecular weight is 333 g/mol. The highest BCUT2D eigenvalue weighted by Gasteiger charge is 2.21. The van der Waals surface area contributed by atoms with Crippen molar-refractivity contribution in [2.45, 2.75) is 13.8 Å². The van der Waals surface area contributed by atoms with Crippen LogP contribution in [0.1, 0.15) is 32.2 Å². The first-order chi connectivity index (χ1) is 11.4. The number of hydrogen-bond donors (Lipinski definition) is 1. The number of hydrogen-bond acceptors (Lipinski definition) is 6. The minimum atomic E-state index is -0.605. The normalized spacial score (nSPS) is 10.2. The zero-order valence-electron chi connectivity index (χ0n) is 14.2. The Hall–Kier alpha value is -2.96. The van der Waals surface area contributed by atoms with Gasteiger partial charge < -0.3 is 23.9 Å². The van der Waals surface area contributed by atoms with E-state index in [0.29, 0.717) is 28.6 Å². The molecule has 0 aliphatic heterocycles. The fourth-order valence-corrected chi connectivity index (χ4v) is 2.31. The minimum absolute atomic E-state index is 0.154. The highest BCUT2D eigenvalue weighted by atomic mass is 16.5. The number of anilines is 1. The van der Waals surface area contributed by atoms with Crippen LogP contribution in [0, 0.1) is 13.8 Å². The summed E-state index contributed by atoms with van der Waals surface area (Å²) < 4.78 is 20.5. The molecule has 0 saturated carbocycles. The Balaban J connectivity index is 2.45. The Morgan fingerprint density at radius 1 is 0.958 bits per heavy atom. The summed E-state index contributed by atoms with van der Waals surface area (Å²) in [4.78, 5) is 24.5. The lowest BCUT2D eigenvalue weighted by Gasteiger charge is -2.14. The first-order valence-electron chi connectivity index (χ1n) is 7.14. The predicted octanol–water partition coefficient (Wildman–Crippen LogP) is 2.95. The van der Waals surface area contributed by atoms with E-state index in [1.807, 2.05) is 0 Å². The third kappa shape index (κ3) is 3.34. The van der Waals surface area contributed by atoms with Gasteiger partial charge in [-0.2, -0.15) is 0 Å². The molecule has 1 aromatic heterocycles. The fraction of sp³-hybridized carbons (Fsp3) is 0.294. The summed E-state index contributed by atoms with van der Waals surface area (Å²) in [5.41, 5.74) is 0.794. The molecule has 0 radical (unpaired) electrons. The second-order valence-corrected chi connectivity index (χ2v) is 5.03. The van der Waals surface area contributed by atoms with Gasteiger partial charge in [-0.25, -0.2) is 4.79 Å². The molecule has 2 rings (SSSR count). The summed E-state index contributed by atoms with van der Waals surface area (Å²) >= 11 is 0. The molecular formula is C17H19NO6. The van der Waals surface area contributed by atoms with Gasteiger partial charge in [-0.05, 0) is 19.9 Å². The molecule has 0 spiro atoms. The standard InChI is InChI=1S/C17H19NO6/c1-9-6-11(10(2)24-9)16(19)18-13-8-15(22-4)14(21-3)7-12(13)17(20)23-5/h6-8H,1-5H3,(H,18,19). The summed E-state index contributed by atoms with van der Waals surface area (Å²) in [5, 5.41) is 2.69. The van der Waals surface area contributed by atoms with Crippen molar-refractivity contribution in [2.75, 3.05) is 26.6 Å². The molecule has 7 heteroatoms.